The highest BCUT2D eigenvalue weighted by molar-refractivity contribution is 7.91. The Kier molecular flexibility index (Phi) is 5.63. The van der Waals surface area contributed by atoms with Crippen molar-refractivity contribution in [3.63, 3.8) is 0 Å². The summed E-state index contributed by atoms with van der Waals surface area (Å²) >= 11 is 0. The van der Waals surface area contributed by atoms with Crippen LogP contribution in [-0.2, 0) is 29.0 Å². The Bertz CT molecular complexity index is 1190. The topological polar surface area (TPSA) is 64.8 Å². The molecule has 0 fully saturated rings. The molecule has 9 heteroatoms. The highest BCUT2D eigenvalue weighted by Gasteiger charge is 2.37. The molecule has 0 spiro atoms. The number of aromatic nitrogens is 3. The number of hydrogen-bond donors (Lipinski definition) is 0. The lowest BCUT2D eigenvalue weighted by Gasteiger charge is -2.25. The van der Waals surface area contributed by atoms with Crippen molar-refractivity contribution in [1.82, 2.24) is 14.8 Å². The molecule has 2 aromatic carbocycles. The van der Waals surface area contributed by atoms with Crippen LogP contribution in [0.5, 0.6) is 0 Å². The molecule has 0 saturated heterocycles. The molecule has 1 unspecified atom stereocenters. The second-order valence-corrected chi connectivity index (χ2v) is 9.88. The van der Waals surface area contributed by atoms with Crippen molar-refractivity contribution < 1.29 is 21.6 Å². The molecular formula is C22H22F3N3O2S. The lowest BCUT2D eigenvalue weighted by molar-refractivity contribution is -0.138. The van der Waals surface area contributed by atoms with Gasteiger partial charge >= 0.3 is 6.18 Å². The monoisotopic (exact) mass is 449 g/mol. The zero-order valence-electron chi connectivity index (χ0n) is 16.9. The summed E-state index contributed by atoms with van der Waals surface area (Å²) in [6.07, 6.45) is -3.14. The molecule has 1 aliphatic rings. The van der Waals surface area contributed by atoms with Gasteiger partial charge < -0.3 is 0 Å². The van der Waals surface area contributed by atoms with Crippen molar-refractivity contribution in [3.05, 3.63) is 76.9 Å². The summed E-state index contributed by atoms with van der Waals surface area (Å²) in [5, 5.41) is 4.39. The molecule has 3 aromatic rings. The Morgan fingerprint density at radius 2 is 1.81 bits per heavy atom. The molecular weight excluding hydrogens is 427 g/mol. The third-order valence-electron chi connectivity index (χ3n) is 5.53. The summed E-state index contributed by atoms with van der Waals surface area (Å²) < 4.78 is 67.4. The fourth-order valence-electron chi connectivity index (χ4n) is 3.95. The molecule has 5 nitrogen and oxygen atoms in total. The van der Waals surface area contributed by atoms with Gasteiger partial charge in [-0.05, 0) is 43.5 Å². The quantitative estimate of drug-likeness (QED) is 0.573. The summed E-state index contributed by atoms with van der Waals surface area (Å²) in [7, 11) is -3.51. The molecule has 164 valence electrons. The van der Waals surface area contributed by atoms with Crippen molar-refractivity contribution in [1.29, 1.82) is 0 Å². The van der Waals surface area contributed by atoms with E-state index < -0.39 is 27.5 Å². The van der Waals surface area contributed by atoms with Gasteiger partial charge in [0.15, 0.2) is 15.7 Å². The Hall–Kier alpha value is -2.68. The van der Waals surface area contributed by atoms with E-state index in [1.165, 1.54) is 12.1 Å². The SMILES string of the molecule is Cc1ccc(S(=O)(=O)CCc2nc3n(n2)CCCC3c2ccccc2C(F)(F)F)cc1. The van der Waals surface area contributed by atoms with Crippen LogP contribution in [0.3, 0.4) is 0 Å². The number of hydrogen-bond acceptors (Lipinski definition) is 4. The zero-order valence-corrected chi connectivity index (χ0v) is 17.7. The first-order valence-electron chi connectivity index (χ1n) is 10.0. The highest BCUT2D eigenvalue weighted by Crippen LogP contribution is 2.40. The Labute approximate surface area is 178 Å². The number of benzene rings is 2. The van der Waals surface area contributed by atoms with Gasteiger partial charge in [-0.3, -0.25) is 0 Å². The lowest BCUT2D eigenvalue weighted by Crippen LogP contribution is -2.21. The van der Waals surface area contributed by atoms with Crippen molar-refractivity contribution in [2.45, 2.75) is 49.7 Å². The Morgan fingerprint density at radius 3 is 2.52 bits per heavy atom. The van der Waals surface area contributed by atoms with Gasteiger partial charge in [-0.1, -0.05) is 35.9 Å². The van der Waals surface area contributed by atoms with Crippen molar-refractivity contribution in [3.8, 4) is 0 Å². The number of fused-ring (bicyclic) bond motifs is 1. The minimum absolute atomic E-state index is 0.101. The van der Waals surface area contributed by atoms with Gasteiger partial charge in [-0.2, -0.15) is 18.3 Å². The number of rotatable bonds is 5. The van der Waals surface area contributed by atoms with E-state index in [1.807, 2.05) is 6.92 Å². The summed E-state index contributed by atoms with van der Waals surface area (Å²) in [6, 6.07) is 12.2. The summed E-state index contributed by atoms with van der Waals surface area (Å²) in [4.78, 5) is 4.70. The van der Waals surface area contributed by atoms with E-state index in [4.69, 9.17) is 0 Å². The van der Waals surface area contributed by atoms with Crippen LogP contribution >= 0.6 is 0 Å². The van der Waals surface area contributed by atoms with Gasteiger partial charge in [-0.15, -0.1) is 0 Å². The van der Waals surface area contributed by atoms with Crippen LogP contribution in [-0.4, -0.2) is 28.9 Å². The van der Waals surface area contributed by atoms with Crippen molar-refractivity contribution in [2.75, 3.05) is 5.75 Å². The molecule has 0 radical (unpaired) electrons. The first kappa shape index (κ1) is 21.5. The van der Waals surface area contributed by atoms with Gasteiger partial charge in [0.25, 0.3) is 0 Å². The van der Waals surface area contributed by atoms with E-state index in [1.54, 1.807) is 35.0 Å². The van der Waals surface area contributed by atoms with Gasteiger partial charge in [0.1, 0.15) is 5.82 Å². The predicted octanol–water partition coefficient (Wildman–Crippen LogP) is 4.55. The molecule has 31 heavy (non-hydrogen) atoms. The fraction of sp³-hybridized carbons (Fsp3) is 0.364. The average molecular weight is 449 g/mol. The average Bonchev–Trinajstić information content (AvgIpc) is 3.15. The Balaban J connectivity index is 1.59. The van der Waals surface area contributed by atoms with E-state index in [2.05, 4.69) is 10.1 Å². The summed E-state index contributed by atoms with van der Waals surface area (Å²) in [6.45, 7) is 2.43. The summed E-state index contributed by atoms with van der Waals surface area (Å²) in [5.74, 6) is 0.109. The van der Waals surface area contributed by atoms with Crippen molar-refractivity contribution >= 4 is 9.84 Å². The third-order valence-corrected chi connectivity index (χ3v) is 7.27. The number of aryl methyl sites for hydroxylation is 3. The van der Waals surface area contributed by atoms with E-state index in [9.17, 15) is 21.6 Å². The number of alkyl halides is 3. The second-order valence-electron chi connectivity index (χ2n) is 7.77. The van der Waals surface area contributed by atoms with Crippen molar-refractivity contribution in [2.24, 2.45) is 0 Å². The zero-order chi connectivity index (χ0) is 22.2. The minimum Gasteiger partial charge on any atom is -0.249 e. The predicted molar refractivity (Wildman–Crippen MR) is 109 cm³/mol. The van der Waals surface area contributed by atoms with Gasteiger partial charge in [0.2, 0.25) is 0 Å². The fourth-order valence-corrected chi connectivity index (χ4v) is 5.19. The molecule has 0 N–H and O–H groups in total. The van der Waals surface area contributed by atoms with Crippen LogP contribution in [0, 0.1) is 6.92 Å². The van der Waals surface area contributed by atoms with E-state index in [0.717, 1.165) is 11.6 Å². The van der Waals surface area contributed by atoms with Gasteiger partial charge in [-0.25, -0.2) is 18.1 Å². The maximum atomic E-state index is 13.5. The molecule has 0 aliphatic carbocycles. The highest BCUT2D eigenvalue weighted by atomic mass is 32.2. The number of halogens is 3. The minimum atomic E-state index is -4.45. The normalized spacial score (nSPS) is 16.8. The molecule has 0 bridgehead atoms. The first-order chi connectivity index (χ1) is 14.6. The number of nitrogens with zero attached hydrogens (tertiary/aromatic N) is 3. The van der Waals surface area contributed by atoms with Crippen LogP contribution < -0.4 is 0 Å². The van der Waals surface area contributed by atoms with Crippen LogP contribution in [0.1, 0.15) is 47.1 Å². The standard InChI is InChI=1S/C22H22F3N3O2S/c1-15-8-10-16(11-9-15)31(29,30)14-12-20-26-21-18(6-4-13-28(21)27-20)17-5-2-3-7-19(17)22(23,24)25/h2-3,5,7-11,18H,4,6,12-14H2,1H3. The van der Waals surface area contributed by atoms with E-state index in [0.29, 0.717) is 31.0 Å². The second kappa shape index (κ2) is 8.11. The smallest absolute Gasteiger partial charge is 0.249 e. The van der Waals surface area contributed by atoms with E-state index in [-0.39, 0.29) is 22.6 Å². The maximum absolute atomic E-state index is 13.5. The molecule has 1 aliphatic heterocycles. The third kappa shape index (κ3) is 4.51. The summed E-state index contributed by atoms with van der Waals surface area (Å²) in [5.41, 5.74) is 0.481. The van der Waals surface area contributed by atoms with Crippen LogP contribution in [0.4, 0.5) is 13.2 Å². The van der Waals surface area contributed by atoms with Crippen LogP contribution in [0.25, 0.3) is 0 Å². The van der Waals surface area contributed by atoms with Crippen LogP contribution in [0.2, 0.25) is 0 Å². The van der Waals surface area contributed by atoms with Gasteiger partial charge in [0.05, 0.1) is 16.2 Å². The van der Waals surface area contributed by atoms with E-state index >= 15 is 0 Å². The van der Waals surface area contributed by atoms with Gasteiger partial charge in [0, 0.05) is 18.9 Å². The molecule has 0 saturated carbocycles. The number of sulfone groups is 1. The largest absolute Gasteiger partial charge is 0.416 e. The Morgan fingerprint density at radius 1 is 1.10 bits per heavy atom. The first-order valence-corrected chi connectivity index (χ1v) is 11.7. The lowest BCUT2D eigenvalue weighted by atomic mass is 9.88. The molecule has 1 aromatic heterocycles. The molecule has 1 atom stereocenters. The molecule has 0 amide bonds. The van der Waals surface area contributed by atoms with Crippen LogP contribution in [0.15, 0.2) is 53.4 Å². The molecule has 2 heterocycles. The molecule has 4 rings (SSSR count). The maximum Gasteiger partial charge on any atom is 0.416 e.